The van der Waals surface area contributed by atoms with Crippen molar-refractivity contribution in [1.82, 2.24) is 5.43 Å². The lowest BCUT2D eigenvalue weighted by molar-refractivity contribution is -0.130. The SMILES string of the molecule is COc1ccc(C2(C(=O)NN)CCC2)cc1OC. The van der Waals surface area contributed by atoms with E-state index in [1.165, 1.54) is 0 Å². The molecule has 2 rings (SSSR count). The molecule has 5 nitrogen and oxygen atoms in total. The number of ether oxygens (including phenoxy) is 2. The van der Waals surface area contributed by atoms with Gasteiger partial charge in [0, 0.05) is 0 Å². The molecule has 0 aromatic heterocycles. The Labute approximate surface area is 106 Å². The molecule has 0 bridgehead atoms. The zero-order valence-electron chi connectivity index (χ0n) is 10.7. The molecule has 0 spiro atoms. The first-order chi connectivity index (χ1) is 8.67. The first-order valence-corrected chi connectivity index (χ1v) is 5.91. The quantitative estimate of drug-likeness (QED) is 0.477. The Kier molecular flexibility index (Phi) is 3.43. The topological polar surface area (TPSA) is 73.6 Å². The molecule has 0 radical (unpaired) electrons. The highest BCUT2D eigenvalue weighted by atomic mass is 16.5. The van der Waals surface area contributed by atoms with Gasteiger partial charge >= 0.3 is 0 Å². The number of hydrogen-bond donors (Lipinski definition) is 2. The van der Waals surface area contributed by atoms with Crippen LogP contribution in [0.3, 0.4) is 0 Å². The Balaban J connectivity index is 2.41. The van der Waals surface area contributed by atoms with E-state index >= 15 is 0 Å². The third-order valence-electron chi connectivity index (χ3n) is 3.71. The molecule has 1 aromatic rings. The molecule has 98 valence electrons. The van der Waals surface area contributed by atoms with Gasteiger partial charge in [-0.3, -0.25) is 10.2 Å². The van der Waals surface area contributed by atoms with Crippen molar-refractivity contribution < 1.29 is 14.3 Å². The number of nitrogens with one attached hydrogen (secondary N) is 1. The number of amides is 1. The van der Waals surface area contributed by atoms with Crippen molar-refractivity contribution in [3.05, 3.63) is 23.8 Å². The molecule has 0 unspecified atom stereocenters. The molecule has 1 aromatic carbocycles. The molecule has 18 heavy (non-hydrogen) atoms. The van der Waals surface area contributed by atoms with Gasteiger partial charge in [-0.25, -0.2) is 5.84 Å². The molecule has 1 saturated carbocycles. The van der Waals surface area contributed by atoms with E-state index in [1.807, 2.05) is 18.2 Å². The lowest BCUT2D eigenvalue weighted by Gasteiger charge is -2.40. The first-order valence-electron chi connectivity index (χ1n) is 5.91. The van der Waals surface area contributed by atoms with Crippen molar-refractivity contribution in [1.29, 1.82) is 0 Å². The van der Waals surface area contributed by atoms with E-state index in [1.54, 1.807) is 14.2 Å². The minimum absolute atomic E-state index is 0.138. The zero-order chi connectivity index (χ0) is 13.2. The smallest absolute Gasteiger partial charge is 0.244 e. The van der Waals surface area contributed by atoms with Gasteiger partial charge in [-0.15, -0.1) is 0 Å². The summed E-state index contributed by atoms with van der Waals surface area (Å²) in [5.41, 5.74) is 2.68. The molecule has 0 aliphatic heterocycles. The Morgan fingerprint density at radius 1 is 1.28 bits per heavy atom. The lowest BCUT2D eigenvalue weighted by Crippen LogP contribution is -2.51. The van der Waals surface area contributed by atoms with Crippen LogP contribution >= 0.6 is 0 Å². The van der Waals surface area contributed by atoms with Gasteiger partial charge in [0.1, 0.15) is 0 Å². The summed E-state index contributed by atoms with van der Waals surface area (Å²) < 4.78 is 10.5. The molecule has 1 amide bonds. The molecule has 1 aliphatic rings. The van der Waals surface area contributed by atoms with E-state index < -0.39 is 5.41 Å². The molecular weight excluding hydrogens is 232 g/mol. The summed E-state index contributed by atoms with van der Waals surface area (Å²) in [7, 11) is 3.17. The van der Waals surface area contributed by atoms with Crippen LogP contribution in [0.25, 0.3) is 0 Å². The number of hydrazine groups is 1. The fourth-order valence-electron chi connectivity index (χ4n) is 2.45. The van der Waals surface area contributed by atoms with Crippen molar-refractivity contribution >= 4 is 5.91 Å². The van der Waals surface area contributed by atoms with Crippen LogP contribution < -0.4 is 20.7 Å². The van der Waals surface area contributed by atoms with Crippen molar-refractivity contribution in [3.8, 4) is 11.5 Å². The summed E-state index contributed by atoms with van der Waals surface area (Å²) >= 11 is 0. The highest BCUT2D eigenvalue weighted by molar-refractivity contribution is 5.89. The molecule has 0 atom stereocenters. The fraction of sp³-hybridized carbons (Fsp3) is 0.462. The average Bonchev–Trinajstić information content (AvgIpc) is 2.36. The number of carbonyl (C=O) groups is 1. The lowest BCUT2D eigenvalue weighted by atomic mass is 9.64. The Bertz CT molecular complexity index is 456. The number of hydrogen-bond acceptors (Lipinski definition) is 4. The van der Waals surface area contributed by atoms with Crippen molar-refractivity contribution in [2.45, 2.75) is 24.7 Å². The van der Waals surface area contributed by atoms with Gasteiger partial charge in [0.25, 0.3) is 0 Å². The van der Waals surface area contributed by atoms with Gasteiger partial charge in [-0.1, -0.05) is 12.5 Å². The standard InChI is InChI=1S/C13H18N2O3/c1-17-10-5-4-9(8-11(10)18-2)13(6-3-7-13)12(16)15-14/h4-5,8H,3,6-7,14H2,1-2H3,(H,15,16). The summed E-state index contributed by atoms with van der Waals surface area (Å²) in [5, 5.41) is 0. The zero-order valence-corrected chi connectivity index (χ0v) is 10.7. The van der Waals surface area contributed by atoms with Gasteiger partial charge in [0.15, 0.2) is 11.5 Å². The third kappa shape index (κ3) is 1.80. The van der Waals surface area contributed by atoms with Crippen LogP contribution in [0.1, 0.15) is 24.8 Å². The van der Waals surface area contributed by atoms with Gasteiger partial charge in [0.05, 0.1) is 19.6 Å². The van der Waals surface area contributed by atoms with Gasteiger partial charge in [-0.2, -0.15) is 0 Å². The fourth-order valence-corrected chi connectivity index (χ4v) is 2.45. The Morgan fingerprint density at radius 2 is 1.94 bits per heavy atom. The number of carbonyl (C=O) groups excluding carboxylic acids is 1. The maximum Gasteiger partial charge on any atom is 0.244 e. The van der Waals surface area contributed by atoms with Crippen LogP contribution in [0.15, 0.2) is 18.2 Å². The molecular formula is C13H18N2O3. The van der Waals surface area contributed by atoms with Crippen molar-refractivity contribution in [2.75, 3.05) is 14.2 Å². The van der Waals surface area contributed by atoms with Gasteiger partial charge in [0.2, 0.25) is 5.91 Å². The summed E-state index contributed by atoms with van der Waals surface area (Å²) in [6, 6.07) is 5.57. The summed E-state index contributed by atoms with van der Waals surface area (Å²) in [4.78, 5) is 12.0. The van der Waals surface area contributed by atoms with Crippen molar-refractivity contribution in [3.63, 3.8) is 0 Å². The predicted molar refractivity (Wildman–Crippen MR) is 67.4 cm³/mol. The van der Waals surface area contributed by atoms with Crippen LogP contribution in [0, 0.1) is 0 Å². The maximum absolute atomic E-state index is 12.0. The van der Waals surface area contributed by atoms with E-state index in [9.17, 15) is 4.79 Å². The monoisotopic (exact) mass is 250 g/mol. The second-order valence-electron chi connectivity index (χ2n) is 4.48. The average molecular weight is 250 g/mol. The predicted octanol–water partition coefficient (Wildman–Crippen LogP) is 1.12. The highest BCUT2D eigenvalue weighted by Gasteiger charge is 2.45. The minimum Gasteiger partial charge on any atom is -0.493 e. The first kappa shape index (κ1) is 12.7. The van der Waals surface area contributed by atoms with E-state index in [0.29, 0.717) is 11.5 Å². The number of rotatable bonds is 4. The normalized spacial score (nSPS) is 16.6. The Hall–Kier alpha value is -1.75. The van der Waals surface area contributed by atoms with Gasteiger partial charge in [-0.05, 0) is 30.5 Å². The van der Waals surface area contributed by atoms with E-state index in [-0.39, 0.29) is 5.91 Å². The number of nitrogens with two attached hydrogens (primary N) is 1. The number of benzene rings is 1. The van der Waals surface area contributed by atoms with E-state index in [0.717, 1.165) is 24.8 Å². The van der Waals surface area contributed by atoms with E-state index in [4.69, 9.17) is 15.3 Å². The van der Waals surface area contributed by atoms with Crippen LogP contribution in [0.4, 0.5) is 0 Å². The van der Waals surface area contributed by atoms with Gasteiger partial charge < -0.3 is 9.47 Å². The molecule has 1 fully saturated rings. The third-order valence-corrected chi connectivity index (χ3v) is 3.71. The number of methoxy groups -OCH3 is 2. The maximum atomic E-state index is 12.0. The summed E-state index contributed by atoms with van der Waals surface area (Å²) in [6.45, 7) is 0. The van der Waals surface area contributed by atoms with E-state index in [2.05, 4.69) is 5.43 Å². The van der Waals surface area contributed by atoms with Crippen LogP contribution in [0.2, 0.25) is 0 Å². The second kappa shape index (κ2) is 4.86. The second-order valence-corrected chi connectivity index (χ2v) is 4.48. The van der Waals surface area contributed by atoms with Crippen LogP contribution in [0.5, 0.6) is 11.5 Å². The largest absolute Gasteiger partial charge is 0.493 e. The summed E-state index contributed by atoms with van der Waals surface area (Å²) in [6.07, 6.45) is 2.65. The molecule has 1 aliphatic carbocycles. The molecule has 0 saturated heterocycles. The van der Waals surface area contributed by atoms with Crippen LogP contribution in [-0.2, 0) is 10.2 Å². The minimum atomic E-state index is -0.506. The molecule has 3 N–H and O–H groups in total. The molecule has 5 heteroatoms. The van der Waals surface area contributed by atoms with Crippen LogP contribution in [-0.4, -0.2) is 20.1 Å². The van der Waals surface area contributed by atoms with Crippen molar-refractivity contribution in [2.24, 2.45) is 5.84 Å². The highest BCUT2D eigenvalue weighted by Crippen LogP contribution is 2.45. The molecule has 0 heterocycles. The Morgan fingerprint density at radius 3 is 2.39 bits per heavy atom. The summed E-state index contributed by atoms with van der Waals surface area (Å²) in [5.74, 6) is 6.43.